The summed E-state index contributed by atoms with van der Waals surface area (Å²) >= 11 is 0. The number of aliphatic hydroxyl groups is 1. The number of ether oxygens (including phenoxy) is 1. The van der Waals surface area contributed by atoms with Crippen molar-refractivity contribution in [3.8, 4) is 0 Å². The van der Waals surface area contributed by atoms with Gasteiger partial charge in [0.2, 0.25) is 5.79 Å². The van der Waals surface area contributed by atoms with Gasteiger partial charge in [-0.25, -0.2) is 0 Å². The third-order valence-electron chi connectivity index (χ3n) is 4.58. The van der Waals surface area contributed by atoms with Crippen LogP contribution in [0.15, 0.2) is 11.6 Å². The van der Waals surface area contributed by atoms with Crippen molar-refractivity contribution in [2.75, 3.05) is 0 Å². The number of hydrogen-bond donors (Lipinski definition) is 1. The maximum atomic E-state index is 10.3. The Morgan fingerprint density at radius 1 is 1.41 bits per heavy atom. The van der Waals surface area contributed by atoms with Crippen molar-refractivity contribution in [1.82, 2.24) is 0 Å². The van der Waals surface area contributed by atoms with Gasteiger partial charge >= 0.3 is 0 Å². The average molecular weight is 238 g/mol. The highest BCUT2D eigenvalue weighted by Gasteiger charge is 2.56. The summed E-state index contributed by atoms with van der Waals surface area (Å²) < 4.78 is 5.50. The summed E-state index contributed by atoms with van der Waals surface area (Å²) in [6.07, 6.45) is 6.87. The van der Waals surface area contributed by atoms with Gasteiger partial charge < -0.3 is 9.84 Å². The molecule has 0 aromatic heterocycles. The van der Waals surface area contributed by atoms with Crippen LogP contribution in [0.5, 0.6) is 0 Å². The lowest BCUT2D eigenvalue weighted by molar-refractivity contribution is 0.0706. The first-order valence-corrected chi connectivity index (χ1v) is 7.01. The normalized spacial score (nSPS) is 42.9. The second kappa shape index (κ2) is 4.74. The van der Waals surface area contributed by atoms with Crippen LogP contribution in [0.25, 0.3) is 0 Å². The van der Waals surface area contributed by atoms with Gasteiger partial charge in [-0.3, -0.25) is 0 Å². The molecule has 4 atom stereocenters. The number of hydrogen-bond acceptors (Lipinski definition) is 2. The first-order chi connectivity index (χ1) is 7.93. The molecule has 2 nitrogen and oxygen atoms in total. The zero-order chi connectivity index (χ0) is 12.6. The fourth-order valence-corrected chi connectivity index (χ4v) is 2.92. The lowest BCUT2D eigenvalue weighted by Crippen LogP contribution is -2.20. The van der Waals surface area contributed by atoms with Crippen molar-refractivity contribution in [1.29, 1.82) is 0 Å². The maximum absolute atomic E-state index is 10.3. The van der Waals surface area contributed by atoms with Crippen LogP contribution < -0.4 is 0 Å². The highest BCUT2D eigenvalue weighted by molar-refractivity contribution is 5.20. The molecule has 1 aliphatic carbocycles. The number of rotatable bonds is 1. The van der Waals surface area contributed by atoms with Crippen LogP contribution in [0.1, 0.15) is 53.4 Å². The second-order valence-corrected chi connectivity index (χ2v) is 6.35. The molecule has 1 heterocycles. The molecule has 0 aromatic carbocycles. The first-order valence-electron chi connectivity index (χ1n) is 7.01. The lowest BCUT2D eigenvalue weighted by Gasteiger charge is -2.23. The number of allylic oxidation sites excluding steroid dienone is 1. The molecule has 1 fully saturated rings. The van der Waals surface area contributed by atoms with Gasteiger partial charge in [-0.1, -0.05) is 33.3 Å². The average Bonchev–Trinajstić information content (AvgIpc) is 2.89. The topological polar surface area (TPSA) is 32.8 Å². The van der Waals surface area contributed by atoms with E-state index in [1.807, 2.05) is 6.92 Å². The van der Waals surface area contributed by atoms with Gasteiger partial charge in [0.05, 0.1) is 0 Å². The predicted molar refractivity (Wildman–Crippen MR) is 69.5 cm³/mol. The summed E-state index contributed by atoms with van der Waals surface area (Å²) in [5.74, 6) is 1.19. The molecule has 1 aliphatic heterocycles. The van der Waals surface area contributed by atoms with Crippen LogP contribution in [0.3, 0.4) is 0 Å². The maximum Gasteiger partial charge on any atom is 0.215 e. The van der Waals surface area contributed by atoms with E-state index in [1.165, 1.54) is 12.8 Å². The Labute approximate surface area is 105 Å². The number of epoxide rings is 1. The molecule has 1 unspecified atom stereocenters. The molecule has 0 aromatic rings. The summed E-state index contributed by atoms with van der Waals surface area (Å²) in [4.78, 5) is 0. The molecule has 1 N–H and O–H groups in total. The van der Waals surface area contributed by atoms with Crippen molar-refractivity contribution < 1.29 is 9.84 Å². The fraction of sp³-hybridized carbons (Fsp3) is 0.867. The van der Waals surface area contributed by atoms with Gasteiger partial charge in [0, 0.05) is 0 Å². The van der Waals surface area contributed by atoms with E-state index in [0.29, 0.717) is 5.92 Å². The molecule has 2 aliphatic rings. The monoisotopic (exact) mass is 238 g/mol. The van der Waals surface area contributed by atoms with Crippen molar-refractivity contribution in [3.63, 3.8) is 0 Å². The van der Waals surface area contributed by atoms with Gasteiger partial charge in [-0.2, -0.15) is 0 Å². The molecule has 0 amide bonds. The Balaban J connectivity index is 2.11. The van der Waals surface area contributed by atoms with Gasteiger partial charge in [-0.15, -0.1) is 0 Å². The lowest BCUT2D eigenvalue weighted by atomic mass is 9.82. The zero-order valence-electron chi connectivity index (χ0n) is 11.6. The van der Waals surface area contributed by atoms with Crippen molar-refractivity contribution in [3.05, 3.63) is 11.6 Å². The molecule has 2 rings (SSSR count). The summed E-state index contributed by atoms with van der Waals surface area (Å²) in [5, 5.41) is 10.3. The Hall–Kier alpha value is -0.340. The molecule has 17 heavy (non-hydrogen) atoms. The molecule has 0 spiro atoms. The first kappa shape index (κ1) is 13.1. The van der Waals surface area contributed by atoms with Crippen LogP contribution >= 0.6 is 0 Å². The number of fused-ring (bicyclic) bond motifs is 1. The Kier molecular flexibility index (Phi) is 3.65. The van der Waals surface area contributed by atoms with Gasteiger partial charge in [0.25, 0.3) is 0 Å². The minimum Gasteiger partial charge on any atom is -0.360 e. The van der Waals surface area contributed by atoms with Gasteiger partial charge in [-0.05, 0) is 49.5 Å². The second-order valence-electron chi connectivity index (χ2n) is 6.35. The summed E-state index contributed by atoms with van der Waals surface area (Å²) in [5.41, 5.74) is 1.02. The SMILES string of the molecule is CC1=CC[C@@H](C(C)C)CC[C@H](C)CC2O[C@]12O. The third kappa shape index (κ3) is 2.74. The van der Waals surface area contributed by atoms with Crippen LogP contribution in [-0.2, 0) is 4.74 Å². The molecule has 0 radical (unpaired) electrons. The van der Waals surface area contributed by atoms with Gasteiger partial charge in [0.15, 0.2) is 0 Å². The fourth-order valence-electron chi connectivity index (χ4n) is 2.92. The minimum absolute atomic E-state index is 0.0457. The molecule has 98 valence electrons. The van der Waals surface area contributed by atoms with Crippen molar-refractivity contribution in [2.24, 2.45) is 17.8 Å². The molecule has 1 saturated heterocycles. The molecule has 2 heteroatoms. The molecule has 0 saturated carbocycles. The predicted octanol–water partition coefficient (Wildman–Crippen LogP) is 3.50. The van der Waals surface area contributed by atoms with E-state index in [9.17, 15) is 5.11 Å². The van der Waals surface area contributed by atoms with E-state index in [4.69, 9.17) is 4.74 Å². The smallest absolute Gasteiger partial charge is 0.215 e. The quantitative estimate of drug-likeness (QED) is 0.560. The van der Waals surface area contributed by atoms with E-state index < -0.39 is 5.79 Å². The summed E-state index contributed by atoms with van der Waals surface area (Å²) in [6, 6.07) is 0. The summed E-state index contributed by atoms with van der Waals surface area (Å²) in [7, 11) is 0. The van der Waals surface area contributed by atoms with Crippen LogP contribution in [0.2, 0.25) is 0 Å². The highest BCUT2D eigenvalue weighted by atomic mass is 16.7. The Bertz CT molecular complexity index is 308. The zero-order valence-corrected chi connectivity index (χ0v) is 11.6. The third-order valence-corrected chi connectivity index (χ3v) is 4.58. The van der Waals surface area contributed by atoms with Gasteiger partial charge in [0.1, 0.15) is 6.10 Å². The van der Waals surface area contributed by atoms with E-state index >= 15 is 0 Å². The molecular formula is C15H26O2. The highest BCUT2D eigenvalue weighted by Crippen LogP contribution is 2.45. The standard InChI is InChI=1S/C15H26O2/c1-10(2)13-7-5-11(3)9-14-15(16,17-14)12(4)6-8-13/h6,10-11,13-14,16H,5,7-9H2,1-4H3/t11-,13-,14?,15+/m0/s1. The van der Waals surface area contributed by atoms with Crippen molar-refractivity contribution in [2.45, 2.75) is 65.3 Å². The van der Waals surface area contributed by atoms with E-state index in [1.54, 1.807) is 0 Å². The minimum atomic E-state index is -0.923. The van der Waals surface area contributed by atoms with Crippen LogP contribution in [-0.4, -0.2) is 17.0 Å². The Morgan fingerprint density at radius 3 is 2.76 bits per heavy atom. The molecule has 0 bridgehead atoms. The van der Waals surface area contributed by atoms with E-state index in [2.05, 4.69) is 26.8 Å². The van der Waals surface area contributed by atoms with Crippen LogP contribution in [0.4, 0.5) is 0 Å². The molecular weight excluding hydrogens is 212 g/mol. The summed E-state index contributed by atoms with van der Waals surface area (Å²) in [6.45, 7) is 8.88. The van der Waals surface area contributed by atoms with Crippen molar-refractivity contribution >= 4 is 0 Å². The van der Waals surface area contributed by atoms with E-state index in [0.717, 1.165) is 30.3 Å². The van der Waals surface area contributed by atoms with E-state index in [-0.39, 0.29) is 6.10 Å². The largest absolute Gasteiger partial charge is 0.360 e. The Morgan fingerprint density at radius 2 is 2.12 bits per heavy atom. The van der Waals surface area contributed by atoms with Crippen LogP contribution in [0, 0.1) is 17.8 Å².